The first kappa shape index (κ1) is 28.9. The van der Waals surface area contributed by atoms with Crippen molar-refractivity contribution in [2.45, 2.75) is 25.2 Å². The van der Waals surface area contributed by atoms with Crippen molar-refractivity contribution < 1.29 is 22.7 Å². The van der Waals surface area contributed by atoms with Crippen LogP contribution in [0.25, 0.3) is 22.2 Å². The van der Waals surface area contributed by atoms with E-state index in [4.69, 9.17) is 0 Å². The minimum atomic E-state index is -4.96. The number of nitrogens with zero attached hydrogens (tertiary/aromatic N) is 5. The smallest absolute Gasteiger partial charge is 0.403 e. The zero-order valence-corrected chi connectivity index (χ0v) is 23.6. The summed E-state index contributed by atoms with van der Waals surface area (Å²) in [7, 11) is 5.49. The van der Waals surface area contributed by atoms with E-state index in [0.29, 0.717) is 30.5 Å². The molecule has 2 aromatic carbocycles. The molecule has 1 amide bonds. The molecule has 1 aliphatic carbocycles. The summed E-state index contributed by atoms with van der Waals surface area (Å²) in [5.41, 5.74) is 3.13. The molecule has 1 aliphatic rings. The molecule has 2 heterocycles. The number of fused-ring (bicyclic) bond motifs is 1. The second kappa shape index (κ2) is 11.7. The van der Waals surface area contributed by atoms with Crippen molar-refractivity contribution >= 4 is 39.8 Å². The number of rotatable bonds is 11. The summed E-state index contributed by atoms with van der Waals surface area (Å²) in [6.07, 6.45) is 1.95. The lowest BCUT2D eigenvalue weighted by molar-refractivity contribution is -0.274. The molecule has 12 heteroatoms. The SMILES string of the molecule is C=CC(=O)Nc1cc(Nc2nccc(-c3cn(C4CC4)c4ccccc34)n2)c(OC(F)(F)F)cc1N(C)CCN(C)C. The fourth-order valence-corrected chi connectivity index (χ4v) is 4.70. The van der Waals surface area contributed by atoms with E-state index in [1.54, 1.807) is 24.2 Å². The second-order valence-corrected chi connectivity index (χ2v) is 10.4. The maximum absolute atomic E-state index is 13.5. The van der Waals surface area contributed by atoms with Crippen molar-refractivity contribution in [2.24, 2.45) is 0 Å². The van der Waals surface area contributed by atoms with Crippen LogP contribution in [0.15, 0.2) is 67.5 Å². The summed E-state index contributed by atoms with van der Waals surface area (Å²) in [6, 6.07) is 12.9. The number of benzene rings is 2. The number of anilines is 4. The van der Waals surface area contributed by atoms with Crippen molar-refractivity contribution in [3.63, 3.8) is 0 Å². The van der Waals surface area contributed by atoms with Crippen LogP contribution in [0.3, 0.4) is 0 Å². The van der Waals surface area contributed by atoms with E-state index in [0.717, 1.165) is 35.4 Å². The molecule has 5 rings (SSSR count). The van der Waals surface area contributed by atoms with Crippen LogP contribution in [-0.2, 0) is 4.79 Å². The average Bonchev–Trinajstić information content (AvgIpc) is 3.72. The quantitative estimate of drug-likeness (QED) is 0.205. The number of hydrogen-bond acceptors (Lipinski definition) is 7. The monoisotopic (exact) mass is 579 g/mol. The molecule has 0 unspecified atom stereocenters. The molecule has 1 fully saturated rings. The first-order valence-electron chi connectivity index (χ1n) is 13.5. The first-order valence-corrected chi connectivity index (χ1v) is 13.5. The molecule has 9 nitrogen and oxygen atoms in total. The number of aromatic nitrogens is 3. The van der Waals surface area contributed by atoms with Gasteiger partial charge in [-0.1, -0.05) is 24.8 Å². The third kappa shape index (κ3) is 6.65. The molecule has 220 valence electrons. The van der Waals surface area contributed by atoms with Gasteiger partial charge in [-0.25, -0.2) is 9.97 Å². The lowest BCUT2D eigenvalue weighted by atomic mass is 10.1. The van der Waals surface area contributed by atoms with Crippen LogP contribution in [0.1, 0.15) is 18.9 Å². The highest BCUT2D eigenvalue weighted by atomic mass is 19.4. The van der Waals surface area contributed by atoms with E-state index in [9.17, 15) is 18.0 Å². The minimum absolute atomic E-state index is 0.0671. The Balaban J connectivity index is 1.55. The summed E-state index contributed by atoms with van der Waals surface area (Å²) in [4.78, 5) is 24.8. The fraction of sp³-hybridized carbons (Fsp3) is 0.300. The zero-order valence-electron chi connectivity index (χ0n) is 23.6. The molecular weight excluding hydrogens is 547 g/mol. The van der Waals surface area contributed by atoms with Gasteiger partial charge in [0.15, 0.2) is 5.75 Å². The van der Waals surface area contributed by atoms with Crippen LogP contribution in [0.5, 0.6) is 5.75 Å². The number of alkyl halides is 3. The zero-order chi connectivity index (χ0) is 30.0. The van der Waals surface area contributed by atoms with E-state index < -0.39 is 18.0 Å². The van der Waals surface area contributed by atoms with Gasteiger partial charge in [0.2, 0.25) is 11.9 Å². The Kier molecular flexibility index (Phi) is 8.08. The van der Waals surface area contributed by atoms with Crippen LogP contribution < -0.4 is 20.3 Å². The highest BCUT2D eigenvalue weighted by Gasteiger charge is 2.33. The third-order valence-electron chi connectivity index (χ3n) is 6.92. The van der Waals surface area contributed by atoms with Gasteiger partial charge in [0.05, 0.1) is 22.8 Å². The Morgan fingerprint density at radius 1 is 1.14 bits per heavy atom. The molecule has 0 saturated heterocycles. The summed E-state index contributed by atoms with van der Waals surface area (Å²) in [5, 5.41) is 6.60. The topological polar surface area (TPSA) is 87.5 Å². The summed E-state index contributed by atoms with van der Waals surface area (Å²) >= 11 is 0. The number of carbonyl (C=O) groups is 1. The van der Waals surface area contributed by atoms with Gasteiger partial charge in [-0.2, -0.15) is 0 Å². The van der Waals surface area contributed by atoms with Gasteiger partial charge in [-0.05, 0) is 51.2 Å². The minimum Gasteiger partial charge on any atom is -0.403 e. The van der Waals surface area contributed by atoms with Crippen molar-refractivity contribution in [1.82, 2.24) is 19.4 Å². The van der Waals surface area contributed by atoms with Crippen LogP contribution in [0.2, 0.25) is 0 Å². The normalized spacial score (nSPS) is 13.3. The van der Waals surface area contributed by atoms with E-state index in [2.05, 4.69) is 48.7 Å². The lowest BCUT2D eigenvalue weighted by Gasteiger charge is -2.26. The third-order valence-corrected chi connectivity index (χ3v) is 6.92. The maximum Gasteiger partial charge on any atom is 0.573 e. The summed E-state index contributed by atoms with van der Waals surface area (Å²) < 4.78 is 47.3. The van der Waals surface area contributed by atoms with Crippen molar-refractivity contribution in [3.8, 4) is 17.0 Å². The molecular formula is C30H32F3N7O2. The molecule has 42 heavy (non-hydrogen) atoms. The highest BCUT2D eigenvalue weighted by Crippen LogP contribution is 2.42. The number of para-hydroxylation sites is 1. The van der Waals surface area contributed by atoms with E-state index in [1.165, 1.54) is 12.1 Å². The molecule has 1 saturated carbocycles. The number of hydrogen-bond donors (Lipinski definition) is 2. The number of likely N-dealkylation sites (N-methyl/N-ethyl adjacent to an activating group) is 2. The molecule has 0 radical (unpaired) electrons. The molecule has 2 N–H and O–H groups in total. The Bertz CT molecular complexity index is 1610. The van der Waals surface area contributed by atoms with Gasteiger partial charge >= 0.3 is 6.36 Å². The Morgan fingerprint density at radius 3 is 2.60 bits per heavy atom. The van der Waals surface area contributed by atoms with E-state index in [1.807, 2.05) is 37.2 Å². The summed E-state index contributed by atoms with van der Waals surface area (Å²) in [6.45, 7) is 4.58. The van der Waals surface area contributed by atoms with Gasteiger partial charge in [-0.15, -0.1) is 13.2 Å². The van der Waals surface area contributed by atoms with Gasteiger partial charge in [-0.3, -0.25) is 4.79 Å². The highest BCUT2D eigenvalue weighted by molar-refractivity contribution is 6.02. The number of nitrogens with one attached hydrogen (secondary N) is 2. The van der Waals surface area contributed by atoms with Crippen molar-refractivity contribution in [1.29, 1.82) is 0 Å². The average molecular weight is 580 g/mol. The second-order valence-electron chi connectivity index (χ2n) is 10.4. The van der Waals surface area contributed by atoms with Crippen LogP contribution >= 0.6 is 0 Å². The lowest BCUT2D eigenvalue weighted by Crippen LogP contribution is -2.29. The van der Waals surface area contributed by atoms with Crippen molar-refractivity contribution in [2.75, 3.05) is 49.8 Å². The molecule has 0 aliphatic heterocycles. The van der Waals surface area contributed by atoms with E-state index in [-0.39, 0.29) is 17.3 Å². The predicted octanol–water partition coefficient (Wildman–Crippen LogP) is 6.20. The Morgan fingerprint density at radius 2 is 1.90 bits per heavy atom. The van der Waals surface area contributed by atoms with Gasteiger partial charge in [0, 0.05) is 61.1 Å². The Labute approximate surface area is 241 Å². The maximum atomic E-state index is 13.5. The Hall–Kier alpha value is -4.58. The van der Waals surface area contributed by atoms with Crippen molar-refractivity contribution in [3.05, 3.63) is 67.5 Å². The largest absolute Gasteiger partial charge is 0.573 e. The van der Waals surface area contributed by atoms with Gasteiger partial charge < -0.3 is 29.7 Å². The molecule has 0 spiro atoms. The number of ether oxygens (including phenoxy) is 1. The predicted molar refractivity (Wildman–Crippen MR) is 158 cm³/mol. The number of amides is 1. The summed E-state index contributed by atoms with van der Waals surface area (Å²) in [5.74, 6) is -0.944. The standard InChI is InChI=1S/C30H32F3N7O2/c1-5-28(41)35-23-16-24(27(42-30(31,32)33)17-26(23)39(4)15-14-38(2)3)37-29-34-13-12-22(36-29)21-18-40(19-10-11-19)25-9-7-6-8-20(21)25/h5-9,12-13,16-19H,1,10-11,14-15H2,2-4H3,(H,35,41)(H,34,36,37). The van der Waals surface area contributed by atoms with Crippen LogP contribution in [0, 0.1) is 0 Å². The number of carbonyl (C=O) groups excluding carboxylic acids is 1. The van der Waals surface area contributed by atoms with Gasteiger partial charge in [0.25, 0.3) is 0 Å². The van der Waals surface area contributed by atoms with Crippen LogP contribution in [-0.4, -0.2) is 65.9 Å². The molecule has 4 aromatic rings. The molecule has 0 atom stereocenters. The first-order chi connectivity index (χ1) is 20.0. The van der Waals surface area contributed by atoms with Crippen LogP contribution in [0.4, 0.5) is 36.2 Å². The number of halogens is 3. The van der Waals surface area contributed by atoms with E-state index >= 15 is 0 Å². The molecule has 0 bridgehead atoms. The molecule has 2 aromatic heterocycles. The fourth-order valence-electron chi connectivity index (χ4n) is 4.70. The van der Waals surface area contributed by atoms with Gasteiger partial charge in [0.1, 0.15) is 0 Å².